The Balaban J connectivity index is 3.48. The van der Waals surface area contributed by atoms with Gasteiger partial charge in [-0.2, -0.15) is 0 Å². The number of hydrogen-bond donors (Lipinski definition) is 2. The largest absolute Gasteiger partial charge is 0.481 e. The summed E-state index contributed by atoms with van der Waals surface area (Å²) < 4.78 is 0. The third kappa shape index (κ3) is 9.34. The van der Waals surface area contributed by atoms with E-state index in [4.69, 9.17) is 5.11 Å². The maximum atomic E-state index is 10.3. The molecular formula is C10H20O3. The second kappa shape index (κ2) is 5.22. The monoisotopic (exact) mass is 188 g/mol. The second-order valence-electron chi connectivity index (χ2n) is 4.41. The first-order valence-electron chi connectivity index (χ1n) is 4.75. The van der Waals surface area contributed by atoms with E-state index in [1.165, 1.54) is 0 Å². The lowest BCUT2D eigenvalue weighted by molar-refractivity contribution is -0.138. The van der Waals surface area contributed by atoms with Gasteiger partial charge < -0.3 is 10.2 Å². The van der Waals surface area contributed by atoms with Crippen molar-refractivity contribution in [3.05, 3.63) is 0 Å². The van der Waals surface area contributed by atoms with Gasteiger partial charge >= 0.3 is 5.97 Å². The first-order chi connectivity index (χ1) is 5.81. The number of aliphatic carboxylic acids is 1. The fourth-order valence-corrected chi connectivity index (χ4v) is 1.28. The van der Waals surface area contributed by atoms with Crippen molar-refractivity contribution in [2.24, 2.45) is 5.92 Å². The molecule has 0 amide bonds. The van der Waals surface area contributed by atoms with Crippen LogP contribution in [0.5, 0.6) is 0 Å². The molecule has 0 spiro atoms. The van der Waals surface area contributed by atoms with Gasteiger partial charge in [-0.25, -0.2) is 0 Å². The molecule has 3 heteroatoms. The molecule has 1 atom stereocenters. The first kappa shape index (κ1) is 12.4. The molecular weight excluding hydrogens is 168 g/mol. The van der Waals surface area contributed by atoms with Crippen molar-refractivity contribution in [1.82, 2.24) is 0 Å². The molecule has 1 unspecified atom stereocenters. The molecule has 0 aromatic carbocycles. The smallest absolute Gasteiger partial charge is 0.303 e. The van der Waals surface area contributed by atoms with Gasteiger partial charge in [-0.05, 0) is 26.2 Å². The Hall–Kier alpha value is -0.570. The van der Waals surface area contributed by atoms with Crippen LogP contribution >= 0.6 is 0 Å². The summed E-state index contributed by atoms with van der Waals surface area (Å²) in [4.78, 5) is 10.3. The maximum Gasteiger partial charge on any atom is 0.303 e. The Morgan fingerprint density at radius 3 is 2.38 bits per heavy atom. The normalized spacial score (nSPS) is 14.2. The van der Waals surface area contributed by atoms with Crippen LogP contribution in [0.1, 0.15) is 46.5 Å². The zero-order chi connectivity index (χ0) is 10.5. The van der Waals surface area contributed by atoms with E-state index in [0.717, 1.165) is 19.3 Å². The molecule has 13 heavy (non-hydrogen) atoms. The summed E-state index contributed by atoms with van der Waals surface area (Å²) in [6, 6.07) is 0. The molecule has 0 saturated heterocycles. The van der Waals surface area contributed by atoms with Crippen LogP contribution in [0.2, 0.25) is 0 Å². The van der Waals surface area contributed by atoms with Crippen LogP contribution in [0, 0.1) is 5.92 Å². The summed E-state index contributed by atoms with van der Waals surface area (Å²) >= 11 is 0. The Labute approximate surface area is 79.8 Å². The highest BCUT2D eigenvalue weighted by molar-refractivity contribution is 5.66. The summed E-state index contributed by atoms with van der Waals surface area (Å²) in [5.74, 6) is -0.532. The molecule has 0 radical (unpaired) electrons. The molecule has 0 saturated carbocycles. The highest BCUT2D eigenvalue weighted by Gasteiger charge is 2.13. The summed E-state index contributed by atoms with van der Waals surface area (Å²) in [5.41, 5.74) is -0.622. The van der Waals surface area contributed by atoms with Gasteiger partial charge in [0, 0.05) is 6.42 Å². The van der Waals surface area contributed by atoms with Crippen LogP contribution in [0.4, 0.5) is 0 Å². The van der Waals surface area contributed by atoms with Crippen LogP contribution in [-0.4, -0.2) is 21.8 Å². The van der Waals surface area contributed by atoms with E-state index >= 15 is 0 Å². The van der Waals surface area contributed by atoms with Gasteiger partial charge in [0.25, 0.3) is 0 Å². The van der Waals surface area contributed by atoms with Crippen molar-refractivity contribution < 1.29 is 15.0 Å². The van der Waals surface area contributed by atoms with Crippen molar-refractivity contribution in [2.75, 3.05) is 0 Å². The molecule has 0 fully saturated rings. The molecule has 0 rings (SSSR count). The van der Waals surface area contributed by atoms with Crippen LogP contribution in [0.15, 0.2) is 0 Å². The number of rotatable bonds is 6. The number of carboxylic acid groups (broad SMARTS) is 1. The van der Waals surface area contributed by atoms with E-state index in [9.17, 15) is 9.90 Å². The predicted molar refractivity (Wildman–Crippen MR) is 51.6 cm³/mol. The average Bonchev–Trinajstić information content (AvgIpc) is 1.81. The standard InChI is InChI=1S/C10H20O3/c1-8(7-9(11)12)5-4-6-10(2,3)13/h8,13H,4-7H2,1-3H3,(H,11,12). The fraction of sp³-hybridized carbons (Fsp3) is 0.900. The number of carboxylic acids is 1. The lowest BCUT2D eigenvalue weighted by atomic mass is 9.95. The molecule has 0 bridgehead atoms. The van der Waals surface area contributed by atoms with Gasteiger partial charge in [0.2, 0.25) is 0 Å². The van der Waals surface area contributed by atoms with E-state index in [2.05, 4.69) is 0 Å². The number of hydrogen-bond acceptors (Lipinski definition) is 2. The summed E-state index contributed by atoms with van der Waals surface area (Å²) in [6.45, 7) is 5.47. The average molecular weight is 188 g/mol. The quantitative estimate of drug-likeness (QED) is 0.670. The Kier molecular flexibility index (Phi) is 4.99. The molecule has 0 aromatic rings. The molecule has 0 aromatic heterocycles. The Morgan fingerprint density at radius 2 is 2.00 bits per heavy atom. The molecule has 78 valence electrons. The van der Waals surface area contributed by atoms with Crippen molar-refractivity contribution >= 4 is 5.97 Å². The maximum absolute atomic E-state index is 10.3. The van der Waals surface area contributed by atoms with Crippen LogP contribution < -0.4 is 0 Å². The van der Waals surface area contributed by atoms with Crippen molar-refractivity contribution in [1.29, 1.82) is 0 Å². The molecule has 0 aliphatic carbocycles. The van der Waals surface area contributed by atoms with Gasteiger partial charge in [-0.1, -0.05) is 19.8 Å². The van der Waals surface area contributed by atoms with Crippen LogP contribution in [0.25, 0.3) is 0 Å². The highest BCUT2D eigenvalue weighted by atomic mass is 16.4. The zero-order valence-electron chi connectivity index (χ0n) is 8.71. The molecule has 3 nitrogen and oxygen atoms in total. The van der Waals surface area contributed by atoms with Crippen molar-refractivity contribution in [2.45, 2.75) is 52.1 Å². The van der Waals surface area contributed by atoms with E-state index in [0.29, 0.717) is 0 Å². The van der Waals surface area contributed by atoms with Crippen LogP contribution in [-0.2, 0) is 4.79 Å². The first-order valence-corrected chi connectivity index (χ1v) is 4.75. The number of aliphatic hydroxyl groups is 1. The second-order valence-corrected chi connectivity index (χ2v) is 4.41. The van der Waals surface area contributed by atoms with Crippen molar-refractivity contribution in [3.63, 3.8) is 0 Å². The van der Waals surface area contributed by atoms with Gasteiger partial charge in [0.1, 0.15) is 0 Å². The van der Waals surface area contributed by atoms with E-state index in [1.54, 1.807) is 13.8 Å². The minimum atomic E-state index is -0.740. The molecule has 0 aliphatic heterocycles. The van der Waals surface area contributed by atoms with Crippen LogP contribution in [0.3, 0.4) is 0 Å². The Bertz CT molecular complexity index is 158. The minimum Gasteiger partial charge on any atom is -0.481 e. The van der Waals surface area contributed by atoms with E-state index < -0.39 is 11.6 Å². The van der Waals surface area contributed by atoms with Gasteiger partial charge in [-0.3, -0.25) is 4.79 Å². The molecule has 0 aliphatic rings. The third-order valence-electron chi connectivity index (χ3n) is 2.01. The lowest BCUT2D eigenvalue weighted by Gasteiger charge is -2.17. The van der Waals surface area contributed by atoms with Gasteiger partial charge in [-0.15, -0.1) is 0 Å². The zero-order valence-corrected chi connectivity index (χ0v) is 8.71. The lowest BCUT2D eigenvalue weighted by Crippen LogP contribution is -2.18. The fourth-order valence-electron chi connectivity index (χ4n) is 1.28. The SMILES string of the molecule is CC(CCCC(C)(C)O)CC(=O)O. The highest BCUT2D eigenvalue weighted by Crippen LogP contribution is 2.17. The van der Waals surface area contributed by atoms with Crippen molar-refractivity contribution in [3.8, 4) is 0 Å². The number of carbonyl (C=O) groups is 1. The topological polar surface area (TPSA) is 57.5 Å². The van der Waals surface area contributed by atoms with E-state index in [-0.39, 0.29) is 12.3 Å². The summed E-state index contributed by atoms with van der Waals surface area (Å²) in [7, 11) is 0. The van der Waals surface area contributed by atoms with Gasteiger partial charge in [0.05, 0.1) is 5.60 Å². The molecule has 2 N–H and O–H groups in total. The van der Waals surface area contributed by atoms with Gasteiger partial charge in [0.15, 0.2) is 0 Å². The summed E-state index contributed by atoms with van der Waals surface area (Å²) in [6.07, 6.45) is 2.72. The Morgan fingerprint density at radius 1 is 1.46 bits per heavy atom. The predicted octanol–water partition coefficient (Wildman–Crippen LogP) is 2.04. The third-order valence-corrected chi connectivity index (χ3v) is 2.01. The molecule has 0 heterocycles. The van der Waals surface area contributed by atoms with E-state index in [1.807, 2.05) is 6.92 Å². The minimum absolute atomic E-state index is 0.208. The summed E-state index contributed by atoms with van der Waals surface area (Å²) in [5, 5.41) is 17.9.